The van der Waals surface area contributed by atoms with Crippen LogP contribution in [0.25, 0.3) is 10.2 Å². The molecule has 4 N–H and O–H groups in total. The average molecular weight is 522 g/mol. The van der Waals surface area contributed by atoms with Gasteiger partial charge in [0.1, 0.15) is 12.1 Å². The fourth-order valence-electron chi connectivity index (χ4n) is 3.07. The molecule has 4 rings (SSSR count). The summed E-state index contributed by atoms with van der Waals surface area (Å²) in [4.78, 5) is 37.3. The third-order valence-corrected chi connectivity index (χ3v) is 6.47. The van der Waals surface area contributed by atoms with Crippen molar-refractivity contribution in [3.63, 3.8) is 0 Å². The summed E-state index contributed by atoms with van der Waals surface area (Å²) in [6, 6.07) is 3.77. The molecule has 182 valence electrons. The highest BCUT2D eigenvalue weighted by Gasteiger charge is 2.31. The van der Waals surface area contributed by atoms with Crippen LogP contribution in [-0.2, 0) is 17.4 Å². The van der Waals surface area contributed by atoms with Gasteiger partial charge in [-0.15, -0.1) is 22.7 Å². The van der Waals surface area contributed by atoms with Crippen LogP contribution in [0.4, 0.5) is 40.3 Å². The number of hydrogen-bond donors (Lipinski definition) is 4. The van der Waals surface area contributed by atoms with E-state index in [0.29, 0.717) is 13.0 Å². The fraction of sp³-hybridized carbons (Fsp3) is 0.190. The summed E-state index contributed by atoms with van der Waals surface area (Å²) in [6.07, 6.45) is -0.902. The standard InChI is InChI=1S/C21H18F3N7O2S2/c1-11(32)29-14-3-2-12(21(22,23)24)8-16(14)30-19(33)31-20-26-9-13(35-20)4-6-25-18-17-15(5-7-34-17)27-10-28-18/h2-3,5,7-10H,4,6H2,1H3,(H,29,32)(H,25,27,28)(H2,26,30,31,33). The molecule has 14 heteroatoms. The number of thiophene rings is 1. The first-order valence-electron chi connectivity index (χ1n) is 10.1. The highest BCUT2D eigenvalue weighted by molar-refractivity contribution is 7.17. The Morgan fingerprint density at radius 1 is 1.03 bits per heavy atom. The van der Waals surface area contributed by atoms with Gasteiger partial charge < -0.3 is 16.0 Å². The predicted octanol–water partition coefficient (Wildman–Crippen LogP) is 5.42. The number of carbonyl (C=O) groups excluding carboxylic acids is 2. The Labute approximate surface area is 204 Å². The number of carbonyl (C=O) groups is 2. The van der Waals surface area contributed by atoms with E-state index < -0.39 is 23.7 Å². The van der Waals surface area contributed by atoms with Crippen LogP contribution in [0.5, 0.6) is 0 Å². The average Bonchev–Trinajstić information content (AvgIpc) is 3.43. The number of rotatable bonds is 7. The van der Waals surface area contributed by atoms with Gasteiger partial charge in [-0.25, -0.2) is 19.7 Å². The number of amides is 3. The summed E-state index contributed by atoms with van der Waals surface area (Å²) in [5.41, 5.74) is -0.256. The second-order valence-electron chi connectivity index (χ2n) is 7.18. The van der Waals surface area contributed by atoms with E-state index in [1.54, 1.807) is 17.5 Å². The summed E-state index contributed by atoms with van der Waals surface area (Å²) in [7, 11) is 0. The quantitative estimate of drug-likeness (QED) is 0.258. The van der Waals surface area contributed by atoms with Crippen LogP contribution >= 0.6 is 22.7 Å². The van der Waals surface area contributed by atoms with Gasteiger partial charge in [-0.1, -0.05) is 0 Å². The molecular weight excluding hydrogens is 503 g/mol. The molecular formula is C21H18F3N7O2S2. The molecule has 0 aliphatic carbocycles. The van der Waals surface area contributed by atoms with E-state index >= 15 is 0 Å². The molecule has 3 amide bonds. The number of benzene rings is 1. The van der Waals surface area contributed by atoms with E-state index in [4.69, 9.17) is 0 Å². The maximum absolute atomic E-state index is 13.1. The Kier molecular flexibility index (Phi) is 7.12. The van der Waals surface area contributed by atoms with E-state index in [2.05, 4.69) is 36.2 Å². The van der Waals surface area contributed by atoms with Crippen molar-refractivity contribution in [2.24, 2.45) is 0 Å². The molecule has 0 fully saturated rings. The van der Waals surface area contributed by atoms with Crippen LogP contribution in [0.1, 0.15) is 17.4 Å². The van der Waals surface area contributed by atoms with E-state index in [-0.39, 0.29) is 16.5 Å². The monoisotopic (exact) mass is 521 g/mol. The normalized spacial score (nSPS) is 11.3. The Morgan fingerprint density at radius 3 is 2.63 bits per heavy atom. The molecule has 0 bridgehead atoms. The van der Waals surface area contributed by atoms with Crippen molar-refractivity contribution in [2.45, 2.75) is 19.5 Å². The summed E-state index contributed by atoms with van der Waals surface area (Å²) in [5, 5.41) is 12.7. The van der Waals surface area contributed by atoms with Crippen molar-refractivity contribution in [3.8, 4) is 0 Å². The van der Waals surface area contributed by atoms with Crippen LogP contribution < -0.4 is 21.3 Å². The summed E-state index contributed by atoms with van der Waals surface area (Å²) < 4.78 is 40.2. The van der Waals surface area contributed by atoms with Gasteiger partial charge in [-0.05, 0) is 29.6 Å². The Hall–Kier alpha value is -3.78. The van der Waals surface area contributed by atoms with Crippen molar-refractivity contribution >= 4 is 67.2 Å². The highest BCUT2D eigenvalue weighted by atomic mass is 32.1. The van der Waals surface area contributed by atoms with Gasteiger partial charge in [0, 0.05) is 31.0 Å². The highest BCUT2D eigenvalue weighted by Crippen LogP contribution is 2.34. The number of nitrogens with zero attached hydrogens (tertiary/aromatic N) is 3. The van der Waals surface area contributed by atoms with E-state index in [1.165, 1.54) is 24.6 Å². The SMILES string of the molecule is CC(=O)Nc1ccc(C(F)(F)F)cc1NC(=O)Nc1ncc(CCNc2ncnc3ccsc23)s1. The zero-order valence-electron chi connectivity index (χ0n) is 18.1. The van der Waals surface area contributed by atoms with Gasteiger partial charge in [0.25, 0.3) is 0 Å². The van der Waals surface area contributed by atoms with Crippen LogP contribution in [0, 0.1) is 0 Å². The largest absolute Gasteiger partial charge is 0.416 e. The van der Waals surface area contributed by atoms with Gasteiger partial charge in [0.15, 0.2) is 5.13 Å². The van der Waals surface area contributed by atoms with Crippen molar-refractivity contribution in [2.75, 3.05) is 27.8 Å². The van der Waals surface area contributed by atoms with Gasteiger partial charge in [-0.3, -0.25) is 10.1 Å². The van der Waals surface area contributed by atoms with Crippen molar-refractivity contribution < 1.29 is 22.8 Å². The summed E-state index contributed by atoms with van der Waals surface area (Å²) in [5.74, 6) is 0.247. The summed E-state index contributed by atoms with van der Waals surface area (Å²) >= 11 is 2.77. The molecule has 3 aromatic heterocycles. The minimum absolute atomic E-state index is 0.0381. The van der Waals surface area contributed by atoms with E-state index in [1.807, 2.05) is 11.4 Å². The number of nitrogens with one attached hydrogen (secondary N) is 4. The molecule has 0 saturated carbocycles. The lowest BCUT2D eigenvalue weighted by Crippen LogP contribution is -2.21. The molecule has 9 nitrogen and oxygen atoms in total. The van der Waals surface area contributed by atoms with Crippen molar-refractivity contribution in [3.05, 3.63) is 52.6 Å². The van der Waals surface area contributed by atoms with Crippen molar-refractivity contribution in [1.29, 1.82) is 0 Å². The van der Waals surface area contributed by atoms with Crippen LogP contribution in [0.2, 0.25) is 0 Å². The minimum atomic E-state index is -4.61. The third kappa shape index (κ3) is 6.22. The molecule has 0 unspecified atom stereocenters. The second-order valence-corrected chi connectivity index (χ2v) is 9.22. The summed E-state index contributed by atoms with van der Waals surface area (Å²) in [6.45, 7) is 1.78. The lowest BCUT2D eigenvalue weighted by Gasteiger charge is -2.14. The second kappa shape index (κ2) is 10.2. The lowest BCUT2D eigenvalue weighted by molar-refractivity contribution is -0.137. The predicted molar refractivity (Wildman–Crippen MR) is 130 cm³/mol. The first kappa shape index (κ1) is 24.3. The fourth-order valence-corrected chi connectivity index (χ4v) is 4.69. The molecule has 0 aliphatic rings. The number of fused-ring (bicyclic) bond motifs is 1. The number of thiazole rings is 1. The number of urea groups is 1. The van der Waals surface area contributed by atoms with Gasteiger partial charge in [0.2, 0.25) is 5.91 Å². The molecule has 35 heavy (non-hydrogen) atoms. The zero-order chi connectivity index (χ0) is 25.0. The van der Waals surface area contributed by atoms with Gasteiger partial charge in [-0.2, -0.15) is 13.2 Å². The number of halogens is 3. The lowest BCUT2D eigenvalue weighted by atomic mass is 10.1. The Morgan fingerprint density at radius 2 is 1.86 bits per heavy atom. The Bertz CT molecular complexity index is 1370. The van der Waals surface area contributed by atoms with Gasteiger partial charge in [0.05, 0.1) is 27.2 Å². The Balaban J connectivity index is 1.36. The first-order valence-corrected chi connectivity index (χ1v) is 11.8. The minimum Gasteiger partial charge on any atom is -0.368 e. The molecule has 0 atom stereocenters. The number of alkyl halides is 3. The van der Waals surface area contributed by atoms with Crippen molar-refractivity contribution in [1.82, 2.24) is 15.0 Å². The smallest absolute Gasteiger partial charge is 0.368 e. The van der Waals surface area contributed by atoms with Crippen LogP contribution in [-0.4, -0.2) is 33.4 Å². The number of aromatic nitrogens is 3. The zero-order valence-corrected chi connectivity index (χ0v) is 19.7. The van der Waals surface area contributed by atoms with Crippen LogP contribution in [0.15, 0.2) is 42.2 Å². The molecule has 0 saturated heterocycles. The molecule has 0 radical (unpaired) electrons. The topological polar surface area (TPSA) is 121 Å². The molecule has 4 aromatic rings. The maximum atomic E-state index is 13.1. The molecule has 0 aliphatic heterocycles. The molecule has 0 spiro atoms. The molecule has 3 heterocycles. The number of hydrogen-bond acceptors (Lipinski definition) is 8. The first-order chi connectivity index (χ1) is 16.7. The van der Waals surface area contributed by atoms with Gasteiger partial charge >= 0.3 is 12.2 Å². The van der Waals surface area contributed by atoms with E-state index in [9.17, 15) is 22.8 Å². The molecule has 1 aromatic carbocycles. The third-order valence-electron chi connectivity index (χ3n) is 4.59. The number of anilines is 4. The van der Waals surface area contributed by atoms with E-state index in [0.717, 1.165) is 39.1 Å². The maximum Gasteiger partial charge on any atom is 0.416 e. The van der Waals surface area contributed by atoms with Crippen LogP contribution in [0.3, 0.4) is 0 Å².